The number of anilines is 1. The zero-order valence-corrected chi connectivity index (χ0v) is 16.6. The lowest BCUT2D eigenvalue weighted by molar-refractivity contribution is 0.354. The van der Waals surface area contributed by atoms with Gasteiger partial charge in [-0.25, -0.2) is 4.98 Å². The molecule has 1 aromatic carbocycles. The van der Waals surface area contributed by atoms with Crippen molar-refractivity contribution in [1.82, 2.24) is 9.38 Å². The molecule has 1 aliphatic heterocycles. The van der Waals surface area contributed by atoms with Crippen molar-refractivity contribution in [3.05, 3.63) is 65.2 Å². The lowest BCUT2D eigenvalue weighted by Gasteiger charge is -2.37. The average Bonchev–Trinajstić information content (AvgIpc) is 3.43. The van der Waals surface area contributed by atoms with E-state index in [4.69, 9.17) is 11.6 Å². The molecule has 2 fully saturated rings. The summed E-state index contributed by atoms with van der Waals surface area (Å²) in [4.78, 5) is 6.89. The van der Waals surface area contributed by atoms with Gasteiger partial charge >= 0.3 is 0 Å². The summed E-state index contributed by atoms with van der Waals surface area (Å²) in [5, 5.41) is 0.824. The molecule has 1 saturated carbocycles. The van der Waals surface area contributed by atoms with E-state index in [2.05, 4.69) is 57.9 Å². The first-order valence-corrected chi connectivity index (χ1v) is 10.5. The molecule has 3 aromatic rings. The molecule has 1 atom stereocenters. The minimum Gasteiger partial charge on any atom is -0.371 e. The van der Waals surface area contributed by atoms with Gasteiger partial charge in [0.15, 0.2) is 0 Å². The largest absolute Gasteiger partial charge is 0.371 e. The van der Waals surface area contributed by atoms with Gasteiger partial charge in [0, 0.05) is 30.0 Å². The first-order valence-electron chi connectivity index (χ1n) is 10.2. The Morgan fingerprint density at radius 3 is 2.67 bits per heavy atom. The number of pyridine rings is 1. The summed E-state index contributed by atoms with van der Waals surface area (Å²) in [7, 11) is 0. The monoisotopic (exact) mass is 379 g/mol. The number of piperidine rings is 1. The molecule has 1 aliphatic carbocycles. The van der Waals surface area contributed by atoms with Crippen molar-refractivity contribution in [3.63, 3.8) is 0 Å². The van der Waals surface area contributed by atoms with Crippen LogP contribution in [0.2, 0.25) is 5.02 Å². The standard InChI is InChI=1S/C23H26ClN3/c1-16(17-7-10-26(11-8-17)20-4-2-3-19(24)13-20)23-21(18-5-6-18)9-12-27-15-25-14-22(23)27/h2-4,9,12-18H,5-8,10-11H2,1H3. The molecule has 27 heavy (non-hydrogen) atoms. The van der Waals surface area contributed by atoms with E-state index in [1.807, 2.05) is 12.4 Å². The summed E-state index contributed by atoms with van der Waals surface area (Å²) in [5.41, 5.74) is 5.70. The Balaban J connectivity index is 1.38. The van der Waals surface area contributed by atoms with Crippen molar-refractivity contribution in [2.24, 2.45) is 5.92 Å². The van der Waals surface area contributed by atoms with E-state index in [0.29, 0.717) is 5.92 Å². The van der Waals surface area contributed by atoms with Crippen LogP contribution in [-0.2, 0) is 0 Å². The summed E-state index contributed by atoms with van der Waals surface area (Å²) in [6.45, 7) is 4.65. The molecule has 0 N–H and O–H groups in total. The fourth-order valence-corrected chi connectivity index (χ4v) is 5.03. The number of hydrogen-bond donors (Lipinski definition) is 0. The van der Waals surface area contributed by atoms with Gasteiger partial charge in [-0.15, -0.1) is 0 Å². The number of benzene rings is 1. The van der Waals surface area contributed by atoms with Crippen LogP contribution >= 0.6 is 11.6 Å². The second-order valence-corrected chi connectivity index (χ2v) is 8.67. The third kappa shape index (κ3) is 3.23. The first-order chi connectivity index (χ1) is 13.2. The minimum absolute atomic E-state index is 0.572. The van der Waals surface area contributed by atoms with Crippen LogP contribution in [0.15, 0.2) is 49.1 Å². The Hall–Kier alpha value is -2.00. The van der Waals surface area contributed by atoms with Gasteiger partial charge in [-0.3, -0.25) is 0 Å². The molecule has 1 saturated heterocycles. The predicted octanol–water partition coefficient (Wildman–Crippen LogP) is 5.89. The number of fused-ring (bicyclic) bond motifs is 1. The number of rotatable bonds is 4. The maximum absolute atomic E-state index is 6.19. The van der Waals surface area contributed by atoms with Crippen molar-refractivity contribution in [2.75, 3.05) is 18.0 Å². The molecule has 3 heterocycles. The minimum atomic E-state index is 0.572. The second kappa shape index (κ2) is 6.87. The Morgan fingerprint density at radius 2 is 1.93 bits per heavy atom. The zero-order valence-electron chi connectivity index (χ0n) is 15.8. The summed E-state index contributed by atoms with van der Waals surface area (Å²) in [6, 6.07) is 10.6. The number of halogens is 1. The van der Waals surface area contributed by atoms with Gasteiger partial charge in [-0.1, -0.05) is 24.6 Å². The van der Waals surface area contributed by atoms with E-state index in [1.165, 1.54) is 36.9 Å². The molecular formula is C23H26ClN3. The van der Waals surface area contributed by atoms with Gasteiger partial charge < -0.3 is 9.30 Å². The van der Waals surface area contributed by atoms with E-state index in [9.17, 15) is 0 Å². The van der Waals surface area contributed by atoms with E-state index in [0.717, 1.165) is 29.9 Å². The van der Waals surface area contributed by atoms with Gasteiger partial charge in [0.1, 0.15) is 0 Å². The normalized spacial score (nSPS) is 19.6. The highest BCUT2D eigenvalue weighted by Gasteiger charge is 2.32. The van der Waals surface area contributed by atoms with Crippen LogP contribution < -0.4 is 4.90 Å². The molecule has 0 radical (unpaired) electrons. The molecule has 0 spiro atoms. The maximum Gasteiger partial charge on any atom is 0.0992 e. The summed E-state index contributed by atoms with van der Waals surface area (Å²) in [6.07, 6.45) is 11.3. The van der Waals surface area contributed by atoms with E-state index < -0.39 is 0 Å². The molecule has 5 rings (SSSR count). The molecule has 140 valence electrons. The smallest absolute Gasteiger partial charge is 0.0992 e. The summed E-state index contributed by atoms with van der Waals surface area (Å²) >= 11 is 6.19. The predicted molar refractivity (Wildman–Crippen MR) is 112 cm³/mol. The Morgan fingerprint density at radius 1 is 1.11 bits per heavy atom. The number of aromatic nitrogens is 2. The van der Waals surface area contributed by atoms with Gasteiger partial charge in [-0.2, -0.15) is 0 Å². The van der Waals surface area contributed by atoms with Crippen molar-refractivity contribution >= 4 is 22.8 Å². The van der Waals surface area contributed by atoms with Crippen molar-refractivity contribution in [2.45, 2.75) is 44.4 Å². The van der Waals surface area contributed by atoms with E-state index >= 15 is 0 Å². The van der Waals surface area contributed by atoms with E-state index in [1.54, 1.807) is 11.1 Å². The van der Waals surface area contributed by atoms with Crippen molar-refractivity contribution in [1.29, 1.82) is 0 Å². The summed E-state index contributed by atoms with van der Waals surface area (Å²) in [5.74, 6) is 2.07. The highest BCUT2D eigenvalue weighted by atomic mass is 35.5. The molecule has 0 bridgehead atoms. The van der Waals surface area contributed by atoms with Crippen molar-refractivity contribution in [3.8, 4) is 0 Å². The molecule has 1 unspecified atom stereocenters. The molecule has 2 aliphatic rings. The first kappa shape index (κ1) is 17.1. The van der Waals surface area contributed by atoms with Crippen LogP contribution in [0, 0.1) is 5.92 Å². The van der Waals surface area contributed by atoms with Gasteiger partial charge in [-0.05, 0) is 78.8 Å². The maximum atomic E-state index is 6.19. The third-order valence-corrected chi connectivity index (χ3v) is 6.80. The lowest BCUT2D eigenvalue weighted by Crippen LogP contribution is -2.35. The van der Waals surface area contributed by atoms with Crippen LogP contribution in [-0.4, -0.2) is 22.5 Å². The molecule has 2 aromatic heterocycles. The third-order valence-electron chi connectivity index (χ3n) is 6.56. The molecule has 4 heteroatoms. The van der Waals surface area contributed by atoms with Gasteiger partial charge in [0.05, 0.1) is 18.0 Å². The number of nitrogens with zero attached hydrogens (tertiary/aromatic N) is 3. The van der Waals surface area contributed by atoms with Crippen LogP contribution in [0.1, 0.15) is 55.6 Å². The van der Waals surface area contributed by atoms with Crippen LogP contribution in [0.25, 0.3) is 5.52 Å². The quantitative estimate of drug-likeness (QED) is 0.563. The van der Waals surface area contributed by atoms with Gasteiger partial charge in [0.2, 0.25) is 0 Å². The highest BCUT2D eigenvalue weighted by Crippen LogP contribution is 2.46. The van der Waals surface area contributed by atoms with Gasteiger partial charge in [0.25, 0.3) is 0 Å². The SMILES string of the molecule is CC(c1c(C2CC2)ccn2cncc12)C1CCN(c2cccc(Cl)c2)CC1. The van der Waals surface area contributed by atoms with Crippen LogP contribution in [0.3, 0.4) is 0 Å². The Bertz CT molecular complexity index is 951. The second-order valence-electron chi connectivity index (χ2n) is 8.24. The molecular weight excluding hydrogens is 354 g/mol. The molecule has 0 amide bonds. The van der Waals surface area contributed by atoms with E-state index in [-0.39, 0.29) is 0 Å². The van der Waals surface area contributed by atoms with Crippen LogP contribution in [0.5, 0.6) is 0 Å². The summed E-state index contributed by atoms with van der Waals surface area (Å²) < 4.78 is 2.19. The Kier molecular flexibility index (Phi) is 4.35. The lowest BCUT2D eigenvalue weighted by atomic mass is 9.79. The number of hydrogen-bond acceptors (Lipinski definition) is 2. The number of imidazole rings is 1. The molecule has 3 nitrogen and oxygen atoms in total. The fraction of sp³-hybridized carbons (Fsp3) is 0.435. The Labute approximate surface area is 166 Å². The van der Waals surface area contributed by atoms with Crippen molar-refractivity contribution < 1.29 is 0 Å². The highest BCUT2D eigenvalue weighted by molar-refractivity contribution is 6.30. The fourth-order valence-electron chi connectivity index (χ4n) is 4.84. The van der Waals surface area contributed by atoms with Crippen LogP contribution in [0.4, 0.5) is 5.69 Å². The average molecular weight is 380 g/mol. The topological polar surface area (TPSA) is 20.5 Å². The zero-order chi connectivity index (χ0) is 18.4.